The van der Waals surface area contributed by atoms with Gasteiger partial charge in [-0.2, -0.15) is 0 Å². The third-order valence-electron chi connectivity index (χ3n) is 9.71. The van der Waals surface area contributed by atoms with Crippen LogP contribution in [0, 0.1) is 0 Å². The van der Waals surface area contributed by atoms with E-state index in [1.165, 1.54) is 90.7 Å². The average Bonchev–Trinajstić information content (AvgIpc) is 3.08. The molecule has 0 saturated carbocycles. The van der Waals surface area contributed by atoms with Gasteiger partial charge in [0.1, 0.15) is 0 Å². The molecule has 4 bridgehead atoms. The van der Waals surface area contributed by atoms with Crippen LogP contribution in [0.2, 0.25) is 0 Å². The van der Waals surface area contributed by atoms with E-state index in [4.69, 9.17) is 0 Å². The van der Waals surface area contributed by atoms with Crippen LogP contribution in [-0.2, 0) is 6.42 Å². The van der Waals surface area contributed by atoms with Gasteiger partial charge in [-0.25, -0.2) is 9.59 Å². The number of piperazine rings is 6. The van der Waals surface area contributed by atoms with Crippen molar-refractivity contribution in [2.24, 2.45) is 0 Å². The van der Waals surface area contributed by atoms with E-state index in [1.807, 2.05) is 9.80 Å². The Hall–Kier alpha value is -4.34. The minimum Gasteiger partial charge on any atom is -0.872 e. The largest absolute Gasteiger partial charge is 0.872 e. The maximum absolute atomic E-state index is 12.9. The minimum atomic E-state index is -1.35. The third-order valence-corrected chi connectivity index (χ3v) is 9.71. The van der Waals surface area contributed by atoms with Crippen LogP contribution < -0.4 is 20.0 Å². The number of carboxylic acid groups (broad SMARTS) is 2. The van der Waals surface area contributed by atoms with Crippen LogP contribution in [0.3, 0.4) is 0 Å². The van der Waals surface area contributed by atoms with Crippen LogP contribution in [0.5, 0.6) is 11.5 Å². The molecule has 6 aliphatic heterocycles. The normalized spacial score (nSPS) is 21.7. The second-order valence-electron chi connectivity index (χ2n) is 12.4. The van der Waals surface area contributed by atoms with Gasteiger partial charge in [0.25, 0.3) is 0 Å². The number of benzene rings is 4. The fourth-order valence-corrected chi connectivity index (χ4v) is 6.97. The second kappa shape index (κ2) is 16.7. The number of carboxylic acids is 2. The lowest BCUT2D eigenvalue weighted by Crippen LogP contribution is -3.17. The zero-order valence-corrected chi connectivity index (χ0v) is 26.9. The van der Waals surface area contributed by atoms with Crippen molar-refractivity contribution in [3.63, 3.8) is 0 Å². The monoisotopic (exact) mass is 666 g/mol. The molecule has 6 aliphatic rings. The lowest BCUT2D eigenvalue weighted by Gasteiger charge is -2.38. The molecular formula is C35H46N4O9. The molecule has 4 aromatic rings. The van der Waals surface area contributed by atoms with Crippen molar-refractivity contribution >= 4 is 33.5 Å². The van der Waals surface area contributed by atoms with Gasteiger partial charge in [0, 0.05) is 39.3 Å². The summed E-state index contributed by atoms with van der Waals surface area (Å²) in [5.74, 6) is -4.07. The predicted molar refractivity (Wildman–Crippen MR) is 178 cm³/mol. The maximum Gasteiger partial charge on any atom is 0.335 e. The van der Waals surface area contributed by atoms with E-state index < -0.39 is 23.4 Å². The van der Waals surface area contributed by atoms with E-state index in [9.17, 15) is 30.0 Å². The Balaban J connectivity index is 0.000000267. The van der Waals surface area contributed by atoms with Crippen molar-refractivity contribution in [3.05, 3.63) is 82.9 Å². The van der Waals surface area contributed by atoms with Crippen LogP contribution in [0.15, 0.2) is 60.7 Å². The minimum absolute atomic E-state index is 0. The summed E-state index contributed by atoms with van der Waals surface area (Å²) in [6, 6.07) is 16.3. The molecule has 10 N–H and O–H groups in total. The van der Waals surface area contributed by atoms with Crippen molar-refractivity contribution in [1.82, 2.24) is 9.80 Å². The summed E-state index contributed by atoms with van der Waals surface area (Å²) in [5.41, 5.74) is -0.453. The molecule has 0 spiro atoms. The van der Waals surface area contributed by atoms with E-state index in [0.717, 1.165) is 0 Å². The predicted octanol–water partition coefficient (Wildman–Crippen LogP) is -2.95. The lowest BCUT2D eigenvalue weighted by atomic mass is 9.90. The molecule has 0 atom stereocenters. The van der Waals surface area contributed by atoms with Crippen LogP contribution in [0.25, 0.3) is 21.5 Å². The van der Waals surface area contributed by atoms with Gasteiger partial charge in [0.05, 0.1) is 50.4 Å². The summed E-state index contributed by atoms with van der Waals surface area (Å²) >= 11 is 0. The summed E-state index contributed by atoms with van der Waals surface area (Å²) in [6.07, 6.45) is -0.166. The zero-order chi connectivity index (χ0) is 31.5. The molecule has 0 radical (unpaired) electrons. The van der Waals surface area contributed by atoms with Crippen molar-refractivity contribution in [1.29, 1.82) is 0 Å². The molecule has 4 aromatic carbocycles. The van der Waals surface area contributed by atoms with Gasteiger partial charge in [0.15, 0.2) is 0 Å². The quantitative estimate of drug-likeness (QED) is 0.176. The number of quaternary nitrogens is 2. The first-order valence-corrected chi connectivity index (χ1v) is 15.8. The number of hydrogen-bond donors (Lipinski definition) is 4. The SMILES string of the molecule is C1C[NH+]2CCN1CC2.C1C[NH+]2CCN1CC2.O.O.O.O=C(O)c1cc2ccccc2c(Cc2c([O-])c(C(=O)O)cc3ccccc23)c1[O-]. The van der Waals surface area contributed by atoms with E-state index in [-0.39, 0.29) is 45.1 Å². The highest BCUT2D eigenvalue weighted by atomic mass is 16.4. The summed E-state index contributed by atoms with van der Waals surface area (Å²) < 4.78 is 0. The Morgan fingerprint density at radius 3 is 1.15 bits per heavy atom. The van der Waals surface area contributed by atoms with Crippen LogP contribution in [0.1, 0.15) is 31.8 Å². The molecule has 13 nitrogen and oxygen atoms in total. The van der Waals surface area contributed by atoms with Crippen molar-refractivity contribution in [2.45, 2.75) is 6.42 Å². The summed E-state index contributed by atoms with van der Waals surface area (Å²) in [7, 11) is 0. The van der Waals surface area contributed by atoms with Crippen LogP contribution in [0.4, 0.5) is 0 Å². The molecule has 260 valence electrons. The molecule has 0 aromatic heterocycles. The van der Waals surface area contributed by atoms with E-state index in [2.05, 4.69) is 9.80 Å². The molecule has 10 rings (SSSR count). The van der Waals surface area contributed by atoms with Gasteiger partial charge >= 0.3 is 11.9 Å². The Morgan fingerprint density at radius 1 is 0.583 bits per heavy atom. The molecular weight excluding hydrogens is 620 g/mol. The summed E-state index contributed by atoms with van der Waals surface area (Å²) in [4.78, 5) is 31.9. The number of nitrogens with zero attached hydrogens (tertiary/aromatic N) is 2. The van der Waals surface area contributed by atoms with E-state index >= 15 is 0 Å². The highest BCUT2D eigenvalue weighted by molar-refractivity contribution is 6.02. The lowest BCUT2D eigenvalue weighted by molar-refractivity contribution is -0.914. The maximum atomic E-state index is 12.9. The van der Waals surface area contributed by atoms with Crippen molar-refractivity contribution < 1.29 is 56.2 Å². The first-order chi connectivity index (χ1) is 21.8. The summed E-state index contributed by atoms with van der Waals surface area (Å²) in [6.45, 7) is 16.6. The van der Waals surface area contributed by atoms with Gasteiger partial charge in [-0.05, 0) is 51.2 Å². The summed E-state index contributed by atoms with van der Waals surface area (Å²) in [5, 5.41) is 46.8. The molecule has 6 fully saturated rings. The fraction of sp³-hybridized carbons (Fsp3) is 0.371. The first kappa shape index (κ1) is 38.1. The number of carbonyl (C=O) groups is 2. The molecule has 0 aliphatic carbocycles. The number of fused-ring (bicyclic) bond motifs is 8. The van der Waals surface area contributed by atoms with Gasteiger partial charge in [-0.3, -0.25) is 9.80 Å². The first-order valence-electron chi connectivity index (χ1n) is 15.8. The topological polar surface area (TPSA) is 231 Å². The smallest absolute Gasteiger partial charge is 0.335 e. The number of nitrogens with one attached hydrogen (secondary N) is 2. The average molecular weight is 667 g/mol. The molecule has 6 saturated heterocycles. The molecule has 48 heavy (non-hydrogen) atoms. The Morgan fingerprint density at radius 2 is 0.896 bits per heavy atom. The van der Waals surface area contributed by atoms with E-state index in [0.29, 0.717) is 21.5 Å². The van der Waals surface area contributed by atoms with Crippen molar-refractivity contribution in [3.8, 4) is 11.5 Å². The molecule has 0 amide bonds. The van der Waals surface area contributed by atoms with Crippen LogP contribution in [-0.4, -0.2) is 127 Å². The highest BCUT2D eigenvalue weighted by Gasteiger charge is 2.26. The highest BCUT2D eigenvalue weighted by Crippen LogP contribution is 2.36. The third kappa shape index (κ3) is 8.20. The fourth-order valence-electron chi connectivity index (χ4n) is 6.97. The molecule has 13 heteroatoms. The van der Waals surface area contributed by atoms with E-state index in [1.54, 1.807) is 48.5 Å². The van der Waals surface area contributed by atoms with Gasteiger partial charge in [-0.15, -0.1) is 0 Å². The Bertz CT molecular complexity index is 1550. The number of aromatic carboxylic acids is 2. The Kier molecular flexibility index (Phi) is 13.2. The van der Waals surface area contributed by atoms with Gasteiger partial charge < -0.3 is 46.7 Å². The number of hydrogen-bond acceptors (Lipinski definition) is 6. The van der Waals surface area contributed by atoms with Crippen molar-refractivity contribution in [2.75, 3.05) is 78.5 Å². The molecule has 0 unspecified atom stereocenters. The van der Waals surface area contributed by atoms with Crippen LogP contribution >= 0.6 is 0 Å². The van der Waals surface area contributed by atoms with Gasteiger partial charge in [-0.1, -0.05) is 60.0 Å². The van der Waals surface area contributed by atoms with Gasteiger partial charge in [0.2, 0.25) is 0 Å². The Labute approximate surface area is 278 Å². The zero-order valence-electron chi connectivity index (χ0n) is 26.9. The second-order valence-corrected chi connectivity index (χ2v) is 12.4. The molecule has 6 heterocycles. The standard InChI is InChI=1S/C23H16O6.2C6H12N2.3H2O/c24-20-16(14-7-3-1-5-12(14)9-18(20)22(26)27)11-17-15-8-4-2-6-13(15)10-19(21(17)25)23(28)29;2*1-2-8-5-3-7(1)4-6-8;;;/h1-10,24-25H,11H2,(H,26,27)(H,28,29);2*1-6H2;3*1H2. The number of rotatable bonds is 4.